The van der Waals surface area contributed by atoms with Crippen LogP contribution in [-0.2, 0) is 0 Å². The molecule has 0 fully saturated rings. The van der Waals surface area contributed by atoms with Crippen LogP contribution in [-0.4, -0.2) is 20.1 Å². The second kappa shape index (κ2) is 5.13. The van der Waals surface area contributed by atoms with E-state index in [0.717, 1.165) is 22.6 Å². The zero-order valence-electron chi connectivity index (χ0n) is 12.4. The van der Waals surface area contributed by atoms with Gasteiger partial charge in [-0.05, 0) is 42.3 Å². The van der Waals surface area contributed by atoms with Gasteiger partial charge < -0.3 is 15.0 Å². The van der Waals surface area contributed by atoms with Crippen molar-refractivity contribution in [3.8, 4) is 5.75 Å². The van der Waals surface area contributed by atoms with Gasteiger partial charge in [0.1, 0.15) is 11.9 Å². The van der Waals surface area contributed by atoms with Crippen molar-refractivity contribution in [2.24, 2.45) is 0 Å². The normalized spacial score (nSPS) is 17.2. The molecule has 1 aliphatic rings. The van der Waals surface area contributed by atoms with E-state index in [1.54, 1.807) is 7.11 Å². The second-order valence-corrected chi connectivity index (χ2v) is 5.23. The van der Waals surface area contributed by atoms with Gasteiger partial charge in [0, 0.05) is 7.05 Å². The van der Waals surface area contributed by atoms with Crippen molar-refractivity contribution >= 4 is 11.6 Å². The molecule has 0 spiro atoms. The maximum Gasteiger partial charge on any atom is 0.255 e. The van der Waals surface area contributed by atoms with E-state index in [9.17, 15) is 4.79 Å². The van der Waals surface area contributed by atoms with Crippen LogP contribution in [0, 0.1) is 6.92 Å². The number of para-hydroxylation sites is 1. The number of hydrogen-bond donors (Lipinski definition) is 1. The number of methoxy groups -OCH3 is 1. The summed E-state index contributed by atoms with van der Waals surface area (Å²) in [6, 6.07) is 13.6. The van der Waals surface area contributed by atoms with E-state index in [1.165, 1.54) is 0 Å². The summed E-state index contributed by atoms with van der Waals surface area (Å²) in [6.45, 7) is 2.00. The molecule has 0 radical (unpaired) electrons. The van der Waals surface area contributed by atoms with Gasteiger partial charge in [0.15, 0.2) is 0 Å². The van der Waals surface area contributed by atoms with E-state index in [1.807, 2.05) is 56.4 Å². The number of amides is 1. The van der Waals surface area contributed by atoms with Crippen molar-refractivity contribution in [1.29, 1.82) is 0 Å². The number of anilines is 1. The molecule has 1 amide bonds. The summed E-state index contributed by atoms with van der Waals surface area (Å²) < 4.78 is 5.29. The number of rotatable bonds is 2. The summed E-state index contributed by atoms with van der Waals surface area (Å²) in [6.07, 6.45) is -0.169. The second-order valence-electron chi connectivity index (χ2n) is 5.23. The summed E-state index contributed by atoms with van der Waals surface area (Å²) >= 11 is 0. The molecule has 108 valence electrons. The van der Waals surface area contributed by atoms with Crippen LogP contribution in [0.25, 0.3) is 0 Å². The zero-order valence-corrected chi connectivity index (χ0v) is 12.4. The van der Waals surface area contributed by atoms with Gasteiger partial charge in [0.25, 0.3) is 5.91 Å². The lowest BCUT2D eigenvalue weighted by Gasteiger charge is -2.36. The summed E-state index contributed by atoms with van der Waals surface area (Å²) in [5, 5.41) is 3.05. The van der Waals surface area contributed by atoms with E-state index in [4.69, 9.17) is 4.74 Å². The Morgan fingerprint density at radius 3 is 2.67 bits per heavy atom. The van der Waals surface area contributed by atoms with Crippen molar-refractivity contribution < 1.29 is 9.53 Å². The molecule has 1 N–H and O–H groups in total. The van der Waals surface area contributed by atoms with Crippen molar-refractivity contribution in [3.05, 3.63) is 59.2 Å². The molecular formula is C17H18N2O2. The minimum atomic E-state index is -0.169. The van der Waals surface area contributed by atoms with Gasteiger partial charge in [-0.3, -0.25) is 4.79 Å². The summed E-state index contributed by atoms with van der Waals surface area (Å²) in [7, 11) is 3.65. The monoisotopic (exact) mass is 282 g/mol. The fourth-order valence-electron chi connectivity index (χ4n) is 2.79. The van der Waals surface area contributed by atoms with Crippen LogP contribution in [0.3, 0.4) is 0 Å². The van der Waals surface area contributed by atoms with E-state index in [-0.39, 0.29) is 12.1 Å². The Labute approximate surface area is 124 Å². The Morgan fingerprint density at radius 2 is 1.95 bits per heavy atom. The molecule has 4 nitrogen and oxygen atoms in total. The minimum Gasteiger partial charge on any atom is -0.496 e. The Balaban J connectivity index is 2.01. The first-order valence-electron chi connectivity index (χ1n) is 6.89. The Hall–Kier alpha value is -2.49. The first-order chi connectivity index (χ1) is 10.1. The Kier molecular flexibility index (Phi) is 3.29. The summed E-state index contributed by atoms with van der Waals surface area (Å²) in [4.78, 5) is 14.3. The van der Waals surface area contributed by atoms with E-state index < -0.39 is 0 Å². The topological polar surface area (TPSA) is 41.6 Å². The number of fused-ring (bicyclic) bond motifs is 1. The molecular weight excluding hydrogens is 264 g/mol. The smallest absolute Gasteiger partial charge is 0.255 e. The lowest BCUT2D eigenvalue weighted by atomic mass is 10.0. The molecule has 1 heterocycles. The predicted molar refractivity (Wildman–Crippen MR) is 82.8 cm³/mol. The third kappa shape index (κ3) is 2.23. The molecule has 3 rings (SSSR count). The molecule has 4 heteroatoms. The van der Waals surface area contributed by atoms with Crippen LogP contribution in [0.15, 0.2) is 42.5 Å². The summed E-state index contributed by atoms with van der Waals surface area (Å²) in [5.74, 6) is 0.811. The number of nitrogens with one attached hydrogen (secondary N) is 1. The number of carbonyl (C=O) groups is 1. The molecule has 21 heavy (non-hydrogen) atoms. The first kappa shape index (κ1) is 13.5. The van der Waals surface area contributed by atoms with Gasteiger partial charge in [0.2, 0.25) is 0 Å². The van der Waals surface area contributed by atoms with E-state index in [2.05, 4.69) is 10.2 Å². The molecule has 0 saturated carbocycles. The van der Waals surface area contributed by atoms with Crippen LogP contribution < -0.4 is 15.0 Å². The van der Waals surface area contributed by atoms with Crippen LogP contribution in [0.2, 0.25) is 0 Å². The largest absolute Gasteiger partial charge is 0.496 e. The average molecular weight is 282 g/mol. The third-order valence-corrected chi connectivity index (χ3v) is 3.92. The van der Waals surface area contributed by atoms with Gasteiger partial charge in [-0.15, -0.1) is 0 Å². The highest BCUT2D eigenvalue weighted by molar-refractivity contribution is 6.01. The fourth-order valence-corrected chi connectivity index (χ4v) is 2.79. The van der Waals surface area contributed by atoms with Crippen molar-refractivity contribution in [2.45, 2.75) is 13.1 Å². The molecule has 1 aliphatic heterocycles. The van der Waals surface area contributed by atoms with Gasteiger partial charge in [0.05, 0.1) is 18.4 Å². The molecule has 2 aromatic carbocycles. The molecule has 0 aromatic heterocycles. The number of carbonyl (C=O) groups excluding carboxylic acids is 1. The SMILES string of the molecule is COc1ccc([C@@H]2NC(=O)c3ccccc3N2C)cc1C. The maximum absolute atomic E-state index is 12.3. The predicted octanol–water partition coefficient (Wildman–Crippen LogP) is 2.88. The fraction of sp³-hybridized carbons (Fsp3) is 0.235. The van der Waals surface area contributed by atoms with Crippen molar-refractivity contribution in [1.82, 2.24) is 5.32 Å². The molecule has 0 saturated heterocycles. The van der Waals surface area contributed by atoms with Crippen LogP contribution in [0.4, 0.5) is 5.69 Å². The van der Waals surface area contributed by atoms with Gasteiger partial charge in [-0.1, -0.05) is 18.2 Å². The lowest BCUT2D eigenvalue weighted by Crippen LogP contribution is -2.44. The van der Waals surface area contributed by atoms with E-state index >= 15 is 0 Å². The third-order valence-electron chi connectivity index (χ3n) is 3.92. The quantitative estimate of drug-likeness (QED) is 0.921. The molecule has 0 aliphatic carbocycles. The Bertz CT molecular complexity index is 697. The number of hydrogen-bond acceptors (Lipinski definition) is 3. The molecule has 0 bridgehead atoms. The Morgan fingerprint density at radius 1 is 1.19 bits per heavy atom. The average Bonchev–Trinajstić information content (AvgIpc) is 2.51. The highest BCUT2D eigenvalue weighted by Crippen LogP contribution is 2.32. The number of aryl methyl sites for hydroxylation is 1. The summed E-state index contributed by atoms with van der Waals surface area (Å²) in [5.41, 5.74) is 3.75. The standard InChI is InChI=1S/C17H18N2O2/c1-11-10-12(8-9-15(11)21-3)16-18-17(20)13-6-4-5-7-14(13)19(16)2/h4-10,16H,1-3H3,(H,18,20)/t16-/m1/s1. The van der Waals surface area contributed by atoms with Crippen LogP contribution >= 0.6 is 0 Å². The molecule has 2 aromatic rings. The van der Waals surface area contributed by atoms with Gasteiger partial charge in [-0.25, -0.2) is 0 Å². The zero-order chi connectivity index (χ0) is 15.0. The van der Waals surface area contributed by atoms with Crippen LogP contribution in [0.1, 0.15) is 27.7 Å². The lowest BCUT2D eigenvalue weighted by molar-refractivity contribution is 0.0928. The van der Waals surface area contributed by atoms with Crippen molar-refractivity contribution in [2.75, 3.05) is 19.1 Å². The highest BCUT2D eigenvalue weighted by Gasteiger charge is 2.29. The highest BCUT2D eigenvalue weighted by atomic mass is 16.5. The van der Waals surface area contributed by atoms with Crippen LogP contribution in [0.5, 0.6) is 5.75 Å². The van der Waals surface area contributed by atoms with Crippen molar-refractivity contribution in [3.63, 3.8) is 0 Å². The number of benzene rings is 2. The van der Waals surface area contributed by atoms with Gasteiger partial charge in [-0.2, -0.15) is 0 Å². The minimum absolute atomic E-state index is 0.0397. The molecule has 1 atom stereocenters. The van der Waals surface area contributed by atoms with Gasteiger partial charge >= 0.3 is 0 Å². The number of nitrogens with zero attached hydrogens (tertiary/aromatic N) is 1. The first-order valence-corrected chi connectivity index (χ1v) is 6.89. The van der Waals surface area contributed by atoms with E-state index in [0.29, 0.717) is 5.56 Å². The number of ether oxygens (including phenoxy) is 1. The molecule has 0 unspecified atom stereocenters. The maximum atomic E-state index is 12.3.